The number of benzene rings is 2. The van der Waals surface area contributed by atoms with Gasteiger partial charge in [-0.15, -0.1) is 0 Å². The van der Waals surface area contributed by atoms with E-state index in [2.05, 4.69) is 47.9 Å². The van der Waals surface area contributed by atoms with Gasteiger partial charge in [-0.1, -0.05) is 44.0 Å². The molecule has 2 aromatic rings. The van der Waals surface area contributed by atoms with Gasteiger partial charge < -0.3 is 10.6 Å². The number of hydrogen-bond acceptors (Lipinski definition) is 2. The number of amides is 1. The first-order valence-electron chi connectivity index (χ1n) is 9.29. The molecule has 24 heavy (non-hydrogen) atoms. The van der Waals surface area contributed by atoms with E-state index in [9.17, 15) is 4.79 Å². The zero-order valence-corrected chi connectivity index (χ0v) is 14.4. The van der Waals surface area contributed by atoms with Crippen molar-refractivity contribution < 1.29 is 4.79 Å². The van der Waals surface area contributed by atoms with Crippen molar-refractivity contribution >= 4 is 22.4 Å². The lowest BCUT2D eigenvalue weighted by Crippen LogP contribution is -2.43. The van der Waals surface area contributed by atoms with Gasteiger partial charge in [0.25, 0.3) is 0 Å². The van der Waals surface area contributed by atoms with Gasteiger partial charge in [0.15, 0.2) is 0 Å². The summed E-state index contributed by atoms with van der Waals surface area (Å²) in [4.78, 5) is 12.3. The van der Waals surface area contributed by atoms with Crippen molar-refractivity contribution in [1.82, 2.24) is 5.32 Å². The molecule has 4 rings (SSSR count). The quantitative estimate of drug-likeness (QED) is 0.892. The SMILES string of the molecule is C[C@H]1CCCC[C@@H]1NC(=O)CNc1ccc2c3c(cccc13)CC2. The highest BCUT2D eigenvalue weighted by Crippen LogP contribution is 2.34. The minimum absolute atomic E-state index is 0.108. The average molecular weight is 322 g/mol. The highest BCUT2D eigenvalue weighted by Gasteiger charge is 2.22. The van der Waals surface area contributed by atoms with Crippen LogP contribution in [0.25, 0.3) is 10.8 Å². The Morgan fingerprint density at radius 1 is 1.08 bits per heavy atom. The molecule has 2 aliphatic rings. The van der Waals surface area contributed by atoms with Crippen LogP contribution in [0.1, 0.15) is 43.7 Å². The lowest BCUT2D eigenvalue weighted by molar-refractivity contribution is -0.120. The third-order valence-electron chi connectivity index (χ3n) is 5.77. The molecule has 1 amide bonds. The second-order valence-electron chi connectivity index (χ2n) is 7.40. The fourth-order valence-electron chi connectivity index (χ4n) is 4.36. The van der Waals surface area contributed by atoms with Gasteiger partial charge in [0.2, 0.25) is 5.91 Å². The maximum Gasteiger partial charge on any atom is 0.239 e. The molecule has 1 saturated carbocycles. The fourth-order valence-corrected chi connectivity index (χ4v) is 4.36. The van der Waals surface area contributed by atoms with Crippen molar-refractivity contribution in [2.75, 3.05) is 11.9 Å². The summed E-state index contributed by atoms with van der Waals surface area (Å²) in [7, 11) is 0. The lowest BCUT2D eigenvalue weighted by atomic mass is 9.86. The summed E-state index contributed by atoms with van der Waals surface area (Å²) in [6.45, 7) is 2.60. The Kier molecular flexibility index (Phi) is 4.17. The molecule has 2 N–H and O–H groups in total. The molecule has 0 bridgehead atoms. The Morgan fingerprint density at radius 2 is 1.88 bits per heavy atom. The molecule has 0 radical (unpaired) electrons. The van der Waals surface area contributed by atoms with Gasteiger partial charge in [-0.25, -0.2) is 0 Å². The topological polar surface area (TPSA) is 41.1 Å². The van der Waals surface area contributed by atoms with Crippen LogP contribution in [-0.4, -0.2) is 18.5 Å². The third kappa shape index (κ3) is 2.88. The number of aryl methyl sites for hydroxylation is 2. The normalized spacial score (nSPS) is 22.5. The summed E-state index contributed by atoms with van der Waals surface area (Å²) >= 11 is 0. The Balaban J connectivity index is 1.45. The summed E-state index contributed by atoms with van der Waals surface area (Å²) in [6.07, 6.45) is 7.15. The molecule has 0 spiro atoms. The molecule has 2 atom stereocenters. The van der Waals surface area contributed by atoms with E-state index in [-0.39, 0.29) is 5.91 Å². The van der Waals surface area contributed by atoms with Crippen LogP contribution in [0.15, 0.2) is 30.3 Å². The first-order chi connectivity index (χ1) is 11.7. The summed E-state index contributed by atoms with van der Waals surface area (Å²) in [5.74, 6) is 0.705. The predicted octanol–water partition coefficient (Wildman–Crippen LogP) is 4.05. The van der Waals surface area contributed by atoms with E-state index in [1.54, 1.807) is 0 Å². The van der Waals surface area contributed by atoms with Crippen LogP contribution < -0.4 is 10.6 Å². The number of hydrogen-bond donors (Lipinski definition) is 2. The second-order valence-corrected chi connectivity index (χ2v) is 7.40. The second kappa shape index (κ2) is 6.46. The van der Waals surface area contributed by atoms with Crippen molar-refractivity contribution in [2.45, 2.75) is 51.5 Å². The van der Waals surface area contributed by atoms with E-state index in [1.165, 1.54) is 41.2 Å². The highest BCUT2D eigenvalue weighted by molar-refractivity contribution is 6.00. The molecule has 0 unspecified atom stereocenters. The fraction of sp³-hybridized carbons (Fsp3) is 0.476. The van der Waals surface area contributed by atoms with Gasteiger partial charge in [0, 0.05) is 17.1 Å². The standard InChI is InChI=1S/C21H26N2O/c1-14-5-2-3-8-18(14)23-20(24)13-22-19-12-11-16-10-9-15-6-4-7-17(19)21(15)16/h4,6-7,11-12,14,18,22H,2-3,5,8-10,13H2,1H3,(H,23,24)/t14-,18-/m0/s1. The molecule has 2 aromatic carbocycles. The molecule has 0 aromatic heterocycles. The maximum absolute atomic E-state index is 12.3. The van der Waals surface area contributed by atoms with Crippen molar-refractivity contribution in [3.63, 3.8) is 0 Å². The number of carbonyl (C=O) groups excluding carboxylic acids is 1. The van der Waals surface area contributed by atoms with Gasteiger partial charge >= 0.3 is 0 Å². The summed E-state index contributed by atoms with van der Waals surface area (Å²) < 4.78 is 0. The van der Waals surface area contributed by atoms with E-state index in [0.717, 1.165) is 24.9 Å². The number of rotatable bonds is 4. The Morgan fingerprint density at radius 3 is 2.71 bits per heavy atom. The summed E-state index contributed by atoms with van der Waals surface area (Å²) in [5.41, 5.74) is 3.95. The van der Waals surface area contributed by atoms with Gasteiger partial charge in [0.1, 0.15) is 0 Å². The van der Waals surface area contributed by atoms with Crippen LogP contribution in [0.2, 0.25) is 0 Å². The molecule has 0 saturated heterocycles. The molecular weight excluding hydrogens is 296 g/mol. The van der Waals surface area contributed by atoms with E-state index in [0.29, 0.717) is 18.5 Å². The largest absolute Gasteiger partial charge is 0.376 e. The monoisotopic (exact) mass is 322 g/mol. The number of anilines is 1. The van der Waals surface area contributed by atoms with E-state index >= 15 is 0 Å². The maximum atomic E-state index is 12.3. The molecule has 0 heterocycles. The Hall–Kier alpha value is -2.03. The molecule has 1 fully saturated rings. The smallest absolute Gasteiger partial charge is 0.239 e. The van der Waals surface area contributed by atoms with Crippen LogP contribution in [0.5, 0.6) is 0 Å². The molecule has 3 heteroatoms. The van der Waals surface area contributed by atoms with Gasteiger partial charge in [-0.05, 0) is 54.2 Å². The predicted molar refractivity (Wildman–Crippen MR) is 99.4 cm³/mol. The Labute approximate surface area is 143 Å². The molecule has 126 valence electrons. The summed E-state index contributed by atoms with van der Waals surface area (Å²) in [6, 6.07) is 11.2. The van der Waals surface area contributed by atoms with Gasteiger partial charge in [-0.3, -0.25) is 4.79 Å². The van der Waals surface area contributed by atoms with Gasteiger partial charge in [-0.2, -0.15) is 0 Å². The van der Waals surface area contributed by atoms with Crippen molar-refractivity contribution in [2.24, 2.45) is 5.92 Å². The zero-order valence-electron chi connectivity index (χ0n) is 14.4. The summed E-state index contributed by atoms with van der Waals surface area (Å²) in [5, 5.41) is 9.23. The number of carbonyl (C=O) groups is 1. The first-order valence-corrected chi connectivity index (χ1v) is 9.29. The Bertz CT molecular complexity index is 758. The van der Waals surface area contributed by atoms with Crippen LogP contribution in [0.3, 0.4) is 0 Å². The van der Waals surface area contributed by atoms with E-state index < -0.39 is 0 Å². The van der Waals surface area contributed by atoms with Crippen LogP contribution in [-0.2, 0) is 17.6 Å². The molecule has 2 aliphatic carbocycles. The lowest BCUT2D eigenvalue weighted by Gasteiger charge is -2.29. The average Bonchev–Trinajstić information content (AvgIpc) is 3.01. The molecule has 0 aliphatic heterocycles. The number of nitrogens with one attached hydrogen (secondary N) is 2. The molecule has 3 nitrogen and oxygen atoms in total. The van der Waals surface area contributed by atoms with Crippen LogP contribution in [0, 0.1) is 5.92 Å². The van der Waals surface area contributed by atoms with Crippen molar-refractivity contribution in [3.8, 4) is 0 Å². The van der Waals surface area contributed by atoms with Crippen LogP contribution >= 0.6 is 0 Å². The third-order valence-corrected chi connectivity index (χ3v) is 5.77. The molecular formula is C21H26N2O. The van der Waals surface area contributed by atoms with Crippen molar-refractivity contribution in [3.05, 3.63) is 41.5 Å². The minimum atomic E-state index is 0.108. The van der Waals surface area contributed by atoms with Crippen LogP contribution in [0.4, 0.5) is 5.69 Å². The zero-order chi connectivity index (χ0) is 16.5. The first kappa shape index (κ1) is 15.5. The van der Waals surface area contributed by atoms with E-state index in [1.807, 2.05) is 0 Å². The highest BCUT2D eigenvalue weighted by atomic mass is 16.2. The van der Waals surface area contributed by atoms with Gasteiger partial charge in [0.05, 0.1) is 6.54 Å². The van der Waals surface area contributed by atoms with E-state index in [4.69, 9.17) is 0 Å². The van der Waals surface area contributed by atoms with Crippen molar-refractivity contribution in [1.29, 1.82) is 0 Å². The minimum Gasteiger partial charge on any atom is -0.376 e.